The summed E-state index contributed by atoms with van der Waals surface area (Å²) in [4.78, 5) is 24.5. The Balaban J connectivity index is 1.49. The van der Waals surface area contributed by atoms with Crippen molar-refractivity contribution in [1.82, 2.24) is 14.9 Å². The van der Waals surface area contributed by atoms with Crippen molar-refractivity contribution in [3.05, 3.63) is 65.2 Å². The van der Waals surface area contributed by atoms with Gasteiger partial charge in [0.05, 0.1) is 11.4 Å². The number of rotatable bonds is 6. The average Bonchev–Trinajstić information content (AvgIpc) is 2.73. The summed E-state index contributed by atoms with van der Waals surface area (Å²) in [6, 6.07) is 13.9. The van der Waals surface area contributed by atoms with Gasteiger partial charge >= 0.3 is 0 Å². The van der Waals surface area contributed by atoms with Gasteiger partial charge in [0.2, 0.25) is 15.9 Å². The predicted octanol–water partition coefficient (Wildman–Crippen LogP) is 2.00. The molecule has 1 aliphatic rings. The van der Waals surface area contributed by atoms with Gasteiger partial charge in [0.15, 0.2) is 0 Å². The van der Waals surface area contributed by atoms with Gasteiger partial charge in [-0.25, -0.2) is 8.42 Å². The van der Waals surface area contributed by atoms with E-state index in [1.807, 2.05) is 19.1 Å². The third-order valence-electron chi connectivity index (χ3n) is 5.21. The molecule has 1 fully saturated rings. The van der Waals surface area contributed by atoms with Gasteiger partial charge in [-0.1, -0.05) is 35.9 Å². The molecule has 2 amide bonds. The zero-order valence-electron chi connectivity index (χ0n) is 17.2. The molecule has 3 rings (SSSR count). The van der Waals surface area contributed by atoms with Crippen LogP contribution in [-0.4, -0.2) is 50.2 Å². The van der Waals surface area contributed by atoms with Crippen molar-refractivity contribution in [3.63, 3.8) is 0 Å². The molecule has 0 saturated carbocycles. The van der Waals surface area contributed by atoms with Crippen LogP contribution in [0.4, 0.5) is 0 Å². The van der Waals surface area contributed by atoms with Crippen molar-refractivity contribution >= 4 is 21.8 Å². The number of benzene rings is 2. The van der Waals surface area contributed by atoms with E-state index in [4.69, 9.17) is 0 Å². The molecule has 1 aliphatic heterocycles. The van der Waals surface area contributed by atoms with Crippen LogP contribution in [0.5, 0.6) is 0 Å². The molecule has 0 spiro atoms. The lowest BCUT2D eigenvalue weighted by molar-refractivity contribution is -0.121. The molecule has 2 N–H and O–H groups in total. The van der Waals surface area contributed by atoms with Crippen LogP contribution in [0.3, 0.4) is 0 Å². The third-order valence-corrected chi connectivity index (χ3v) is 7.27. The highest BCUT2D eigenvalue weighted by Crippen LogP contribution is 2.24. The topological polar surface area (TPSA) is 95.6 Å². The summed E-state index contributed by atoms with van der Waals surface area (Å²) in [7, 11) is -3.55. The summed E-state index contributed by atoms with van der Waals surface area (Å²) in [6.45, 7) is 4.30. The Morgan fingerprint density at radius 2 is 1.70 bits per heavy atom. The summed E-state index contributed by atoms with van der Waals surface area (Å²) in [5.74, 6) is -0.588. The number of carbonyl (C=O) groups excluding carboxylic acids is 2. The summed E-state index contributed by atoms with van der Waals surface area (Å²) in [5.41, 5.74) is 2.25. The van der Waals surface area contributed by atoms with Gasteiger partial charge in [-0.05, 0) is 50.5 Å². The largest absolute Gasteiger partial charge is 0.352 e. The number of hydrogen-bond acceptors (Lipinski definition) is 4. The highest BCUT2D eigenvalue weighted by atomic mass is 32.2. The molecule has 8 heteroatoms. The first kappa shape index (κ1) is 22.0. The molecule has 0 atom stereocenters. The fourth-order valence-electron chi connectivity index (χ4n) is 3.60. The number of nitrogens with zero attached hydrogens (tertiary/aromatic N) is 1. The van der Waals surface area contributed by atoms with E-state index in [0.717, 1.165) is 11.1 Å². The number of sulfonamides is 1. The Kier molecular flexibility index (Phi) is 6.89. The van der Waals surface area contributed by atoms with Gasteiger partial charge in [-0.3, -0.25) is 9.59 Å². The third kappa shape index (κ3) is 5.25. The van der Waals surface area contributed by atoms with Crippen molar-refractivity contribution in [1.29, 1.82) is 0 Å². The van der Waals surface area contributed by atoms with Crippen LogP contribution in [0.15, 0.2) is 53.4 Å². The molecule has 0 aromatic heterocycles. The molecule has 1 saturated heterocycles. The second-order valence-corrected chi connectivity index (χ2v) is 9.47. The average molecular weight is 430 g/mol. The normalized spacial score (nSPS) is 15.5. The van der Waals surface area contributed by atoms with E-state index >= 15 is 0 Å². The minimum absolute atomic E-state index is 0.114. The molecule has 160 valence electrons. The van der Waals surface area contributed by atoms with Gasteiger partial charge in [-0.15, -0.1) is 0 Å². The number of hydrogen-bond donors (Lipinski definition) is 2. The maximum absolute atomic E-state index is 13.0. The van der Waals surface area contributed by atoms with Crippen molar-refractivity contribution < 1.29 is 18.0 Å². The van der Waals surface area contributed by atoms with E-state index in [1.165, 1.54) is 4.31 Å². The van der Waals surface area contributed by atoms with Crippen LogP contribution < -0.4 is 10.6 Å². The standard InChI is InChI=1S/C22H27N3O4S/c1-16-8-9-20(17(2)14-16)30(28,29)25-12-10-19(11-13-25)24-21(26)15-23-22(27)18-6-4-3-5-7-18/h3-9,14,19H,10-13,15H2,1-2H3,(H,23,27)(H,24,26). The fraction of sp³-hybridized carbons (Fsp3) is 0.364. The van der Waals surface area contributed by atoms with Gasteiger partial charge in [0.25, 0.3) is 5.91 Å². The Morgan fingerprint density at radius 1 is 1.03 bits per heavy atom. The van der Waals surface area contributed by atoms with Crippen molar-refractivity contribution in [2.24, 2.45) is 0 Å². The van der Waals surface area contributed by atoms with Crippen LogP contribution in [0.1, 0.15) is 34.3 Å². The highest BCUT2D eigenvalue weighted by Gasteiger charge is 2.30. The zero-order valence-corrected chi connectivity index (χ0v) is 18.0. The molecule has 1 heterocycles. The number of aryl methyl sites for hydroxylation is 2. The molecule has 7 nitrogen and oxygen atoms in total. The minimum atomic E-state index is -3.55. The van der Waals surface area contributed by atoms with E-state index in [0.29, 0.717) is 36.4 Å². The van der Waals surface area contributed by atoms with E-state index in [9.17, 15) is 18.0 Å². The highest BCUT2D eigenvalue weighted by molar-refractivity contribution is 7.89. The summed E-state index contributed by atoms with van der Waals surface area (Å²) in [5, 5.41) is 5.48. The molecular formula is C22H27N3O4S. The Hall–Kier alpha value is -2.71. The molecular weight excluding hydrogens is 402 g/mol. The maximum atomic E-state index is 13.0. The van der Waals surface area contributed by atoms with Crippen LogP contribution in [0, 0.1) is 13.8 Å². The lowest BCUT2D eigenvalue weighted by Gasteiger charge is -2.32. The van der Waals surface area contributed by atoms with E-state index in [1.54, 1.807) is 43.3 Å². The van der Waals surface area contributed by atoms with Crippen LogP contribution >= 0.6 is 0 Å². The van der Waals surface area contributed by atoms with Crippen molar-refractivity contribution in [3.8, 4) is 0 Å². The second kappa shape index (κ2) is 9.40. The lowest BCUT2D eigenvalue weighted by atomic mass is 10.1. The Bertz CT molecular complexity index is 1010. The first-order valence-corrected chi connectivity index (χ1v) is 11.4. The predicted molar refractivity (Wildman–Crippen MR) is 115 cm³/mol. The molecule has 30 heavy (non-hydrogen) atoms. The monoisotopic (exact) mass is 429 g/mol. The quantitative estimate of drug-likeness (QED) is 0.734. The zero-order chi connectivity index (χ0) is 21.7. The summed E-state index contributed by atoms with van der Waals surface area (Å²) >= 11 is 0. The first-order valence-electron chi connectivity index (χ1n) is 9.97. The van der Waals surface area contributed by atoms with Crippen LogP contribution in [0.25, 0.3) is 0 Å². The number of nitrogens with one attached hydrogen (secondary N) is 2. The fourth-order valence-corrected chi connectivity index (χ4v) is 5.27. The first-order chi connectivity index (χ1) is 14.3. The van der Waals surface area contributed by atoms with Gasteiger partial charge in [0, 0.05) is 24.7 Å². The van der Waals surface area contributed by atoms with E-state index in [2.05, 4.69) is 10.6 Å². The van der Waals surface area contributed by atoms with Crippen LogP contribution in [-0.2, 0) is 14.8 Å². The lowest BCUT2D eigenvalue weighted by Crippen LogP contribution is -2.48. The second-order valence-electron chi connectivity index (χ2n) is 7.56. The van der Waals surface area contributed by atoms with E-state index in [-0.39, 0.29) is 24.4 Å². The van der Waals surface area contributed by atoms with Gasteiger partial charge < -0.3 is 10.6 Å². The van der Waals surface area contributed by atoms with Gasteiger partial charge in [-0.2, -0.15) is 4.31 Å². The smallest absolute Gasteiger partial charge is 0.251 e. The molecule has 2 aromatic carbocycles. The molecule has 0 radical (unpaired) electrons. The summed E-state index contributed by atoms with van der Waals surface area (Å²) in [6.07, 6.45) is 1.06. The number of amides is 2. The Morgan fingerprint density at radius 3 is 2.33 bits per heavy atom. The van der Waals surface area contributed by atoms with E-state index < -0.39 is 10.0 Å². The molecule has 0 aliphatic carbocycles. The Labute approximate surface area is 177 Å². The van der Waals surface area contributed by atoms with Crippen molar-refractivity contribution in [2.75, 3.05) is 19.6 Å². The van der Waals surface area contributed by atoms with Crippen molar-refractivity contribution in [2.45, 2.75) is 37.6 Å². The maximum Gasteiger partial charge on any atom is 0.251 e. The number of carbonyl (C=O) groups is 2. The molecule has 2 aromatic rings. The summed E-state index contributed by atoms with van der Waals surface area (Å²) < 4.78 is 27.4. The number of piperidine rings is 1. The SMILES string of the molecule is Cc1ccc(S(=O)(=O)N2CCC(NC(=O)CNC(=O)c3ccccc3)CC2)c(C)c1. The minimum Gasteiger partial charge on any atom is -0.352 e. The van der Waals surface area contributed by atoms with Gasteiger partial charge in [0.1, 0.15) is 0 Å². The molecule has 0 bridgehead atoms. The van der Waals surface area contributed by atoms with Crippen LogP contribution in [0.2, 0.25) is 0 Å². The molecule has 0 unspecified atom stereocenters.